The second kappa shape index (κ2) is 8.55. The molecule has 5 nitrogen and oxygen atoms in total. The van der Waals surface area contributed by atoms with Crippen LogP contribution in [0.15, 0.2) is 48.7 Å². The lowest BCUT2D eigenvalue weighted by Crippen LogP contribution is -2.41. The second-order valence-corrected chi connectivity index (χ2v) is 7.53. The summed E-state index contributed by atoms with van der Waals surface area (Å²) in [7, 11) is 0. The molecule has 1 N–H and O–H groups in total. The topological polar surface area (TPSA) is 58.1 Å². The van der Waals surface area contributed by atoms with Gasteiger partial charge in [0.2, 0.25) is 11.9 Å². The largest absolute Gasteiger partial charge is 0.351 e. The average Bonchev–Trinajstić information content (AvgIpc) is 2.76. The number of amides is 1. The zero-order valence-corrected chi connectivity index (χ0v) is 16.6. The highest BCUT2D eigenvalue weighted by Crippen LogP contribution is 2.28. The summed E-state index contributed by atoms with van der Waals surface area (Å²) in [5.41, 5.74) is 3.24. The van der Waals surface area contributed by atoms with Crippen LogP contribution in [0.5, 0.6) is 0 Å². The molecule has 1 saturated heterocycles. The number of allylic oxidation sites excluding steroid dienone is 4. The first kappa shape index (κ1) is 19.3. The minimum Gasteiger partial charge on any atom is -0.351 e. The maximum absolute atomic E-state index is 14.5. The lowest BCUT2D eigenvalue weighted by Gasteiger charge is -2.31. The number of carbonyl (C=O) groups excluding carboxylic acids is 1. The fraction of sp³-hybridized carbons (Fsp3) is 0.348. The molecule has 0 unspecified atom stereocenters. The molecule has 29 heavy (non-hydrogen) atoms. The Bertz CT molecular complexity index is 961. The molecule has 0 bridgehead atoms. The molecule has 0 atom stereocenters. The molecule has 0 saturated carbocycles. The first-order valence-electron chi connectivity index (χ1n) is 10.1. The maximum atomic E-state index is 14.5. The van der Waals surface area contributed by atoms with Crippen LogP contribution in [0.1, 0.15) is 38.2 Å². The van der Waals surface area contributed by atoms with Gasteiger partial charge in [-0.25, -0.2) is 14.4 Å². The van der Waals surface area contributed by atoms with Gasteiger partial charge < -0.3 is 10.2 Å². The Labute approximate surface area is 170 Å². The number of anilines is 1. The van der Waals surface area contributed by atoms with Crippen molar-refractivity contribution in [3.05, 3.63) is 60.1 Å². The Hall–Kier alpha value is -3.02. The molecule has 1 aliphatic heterocycles. The van der Waals surface area contributed by atoms with E-state index in [1.165, 1.54) is 6.20 Å². The Balaban J connectivity index is 1.53. The van der Waals surface area contributed by atoms with Crippen molar-refractivity contribution in [2.75, 3.05) is 18.4 Å². The van der Waals surface area contributed by atoms with Crippen LogP contribution < -0.4 is 5.32 Å². The molecule has 1 aromatic heterocycles. The zero-order chi connectivity index (χ0) is 20.2. The van der Waals surface area contributed by atoms with Crippen LogP contribution in [0.4, 0.5) is 10.3 Å². The highest BCUT2D eigenvalue weighted by atomic mass is 19.1. The first-order valence-corrected chi connectivity index (χ1v) is 10.1. The lowest BCUT2D eigenvalue weighted by molar-refractivity contribution is -0.129. The highest BCUT2D eigenvalue weighted by Gasteiger charge is 2.21. The molecule has 0 radical (unpaired) electrons. The third-order valence-corrected chi connectivity index (χ3v) is 5.48. The van der Waals surface area contributed by atoms with E-state index in [1.54, 1.807) is 6.92 Å². The minimum absolute atomic E-state index is 0.103. The van der Waals surface area contributed by atoms with Crippen molar-refractivity contribution in [1.29, 1.82) is 0 Å². The predicted molar refractivity (Wildman–Crippen MR) is 113 cm³/mol. The summed E-state index contributed by atoms with van der Waals surface area (Å²) in [6.45, 7) is 3.02. The number of aromatic nitrogens is 2. The van der Waals surface area contributed by atoms with E-state index in [1.807, 2.05) is 29.2 Å². The monoisotopic (exact) mass is 392 g/mol. The van der Waals surface area contributed by atoms with Crippen molar-refractivity contribution >= 4 is 17.4 Å². The zero-order valence-electron chi connectivity index (χ0n) is 16.6. The summed E-state index contributed by atoms with van der Waals surface area (Å²) in [5, 5.41) is 3.31. The first-order chi connectivity index (χ1) is 14.1. The van der Waals surface area contributed by atoms with E-state index in [9.17, 15) is 9.18 Å². The quantitative estimate of drug-likeness (QED) is 0.836. The number of nitrogens with zero attached hydrogens (tertiary/aromatic N) is 3. The number of hydrogen-bond donors (Lipinski definition) is 1. The van der Waals surface area contributed by atoms with Gasteiger partial charge >= 0.3 is 0 Å². The van der Waals surface area contributed by atoms with E-state index in [0.29, 0.717) is 24.7 Å². The highest BCUT2D eigenvalue weighted by molar-refractivity contribution is 5.78. The molecule has 150 valence electrons. The van der Waals surface area contributed by atoms with E-state index >= 15 is 0 Å². The maximum Gasteiger partial charge on any atom is 0.223 e. The van der Waals surface area contributed by atoms with Crippen LogP contribution >= 0.6 is 0 Å². The van der Waals surface area contributed by atoms with Gasteiger partial charge in [0.15, 0.2) is 5.82 Å². The number of rotatable bonds is 4. The number of halogens is 1. The molecule has 1 aromatic carbocycles. The SMILES string of the molecule is CC(=O)N1CCC(Nc2ncc(F)c(-c3cccc(C4=CCCC=C4)c3)n2)CC1. The molecule has 2 aromatic rings. The minimum atomic E-state index is -0.438. The van der Waals surface area contributed by atoms with Gasteiger partial charge in [-0.05, 0) is 42.9 Å². The molecule has 6 heteroatoms. The Morgan fingerprint density at radius 1 is 1.21 bits per heavy atom. The molecule has 2 aliphatic rings. The Morgan fingerprint density at radius 3 is 2.72 bits per heavy atom. The van der Waals surface area contributed by atoms with Crippen LogP contribution in [0.3, 0.4) is 0 Å². The Morgan fingerprint density at radius 2 is 2.00 bits per heavy atom. The van der Waals surface area contributed by atoms with E-state index in [-0.39, 0.29) is 11.9 Å². The molecule has 1 fully saturated rings. The third-order valence-electron chi connectivity index (χ3n) is 5.48. The van der Waals surface area contributed by atoms with Crippen LogP contribution in [0.25, 0.3) is 16.8 Å². The Kier molecular flexibility index (Phi) is 5.69. The van der Waals surface area contributed by atoms with Gasteiger partial charge in [-0.3, -0.25) is 4.79 Å². The van der Waals surface area contributed by atoms with E-state index < -0.39 is 5.82 Å². The van der Waals surface area contributed by atoms with Crippen molar-refractivity contribution in [3.8, 4) is 11.3 Å². The fourth-order valence-corrected chi connectivity index (χ4v) is 3.83. The number of nitrogens with one attached hydrogen (secondary N) is 1. The van der Waals surface area contributed by atoms with Crippen LogP contribution in [0.2, 0.25) is 0 Å². The molecule has 1 amide bonds. The summed E-state index contributed by atoms with van der Waals surface area (Å²) in [5.74, 6) is 0.0868. The van der Waals surface area contributed by atoms with Gasteiger partial charge in [-0.1, -0.05) is 36.4 Å². The molecular formula is C23H25FN4O. The van der Waals surface area contributed by atoms with Gasteiger partial charge in [0.05, 0.1) is 6.20 Å². The van der Waals surface area contributed by atoms with Crippen molar-refractivity contribution in [2.45, 2.75) is 38.6 Å². The lowest BCUT2D eigenvalue weighted by atomic mass is 9.97. The standard InChI is InChI=1S/C23H25FN4O/c1-16(29)28-12-10-20(11-13-28)26-23-25-15-21(24)22(27-23)19-9-5-8-18(14-19)17-6-3-2-4-7-17/h3,5-9,14-15,20H,2,4,10-13H2,1H3,(H,25,26,27). The molecule has 1 aliphatic carbocycles. The smallest absolute Gasteiger partial charge is 0.223 e. The number of benzene rings is 1. The van der Waals surface area contributed by atoms with Gasteiger partial charge in [-0.15, -0.1) is 0 Å². The fourth-order valence-electron chi connectivity index (χ4n) is 3.83. The average molecular weight is 392 g/mol. The van der Waals surface area contributed by atoms with Crippen molar-refractivity contribution in [3.63, 3.8) is 0 Å². The second-order valence-electron chi connectivity index (χ2n) is 7.53. The van der Waals surface area contributed by atoms with Gasteiger partial charge in [0.1, 0.15) is 5.69 Å². The van der Waals surface area contributed by atoms with Gasteiger partial charge in [-0.2, -0.15) is 0 Å². The summed E-state index contributed by atoms with van der Waals surface area (Å²) in [4.78, 5) is 21.9. The third kappa shape index (κ3) is 4.53. The van der Waals surface area contributed by atoms with E-state index in [2.05, 4.69) is 33.5 Å². The van der Waals surface area contributed by atoms with Gasteiger partial charge in [0.25, 0.3) is 0 Å². The molecule has 0 spiro atoms. The van der Waals surface area contributed by atoms with Crippen LogP contribution in [-0.2, 0) is 4.79 Å². The molecular weight excluding hydrogens is 367 g/mol. The van der Waals surface area contributed by atoms with E-state index in [0.717, 1.165) is 42.4 Å². The number of hydrogen-bond acceptors (Lipinski definition) is 4. The molecule has 4 rings (SSSR count). The summed E-state index contributed by atoms with van der Waals surface area (Å²) in [6.07, 6.45) is 11.4. The predicted octanol–water partition coefficient (Wildman–Crippen LogP) is 4.44. The summed E-state index contributed by atoms with van der Waals surface area (Å²) >= 11 is 0. The van der Waals surface area contributed by atoms with Crippen LogP contribution in [-0.4, -0.2) is 39.9 Å². The van der Waals surface area contributed by atoms with Gasteiger partial charge in [0, 0.05) is 31.6 Å². The summed E-state index contributed by atoms with van der Waals surface area (Å²) in [6, 6.07) is 7.98. The van der Waals surface area contributed by atoms with Crippen LogP contribution in [0, 0.1) is 5.82 Å². The normalized spacial score (nSPS) is 17.2. The van der Waals surface area contributed by atoms with Crippen molar-refractivity contribution < 1.29 is 9.18 Å². The van der Waals surface area contributed by atoms with E-state index in [4.69, 9.17) is 0 Å². The number of piperidine rings is 1. The van der Waals surface area contributed by atoms with Crippen molar-refractivity contribution in [1.82, 2.24) is 14.9 Å². The number of carbonyl (C=O) groups is 1. The molecule has 2 heterocycles. The summed E-state index contributed by atoms with van der Waals surface area (Å²) < 4.78 is 14.5. The van der Waals surface area contributed by atoms with Crippen molar-refractivity contribution in [2.24, 2.45) is 0 Å². The number of likely N-dealkylation sites (tertiary alicyclic amines) is 1.